The molecule has 0 fully saturated rings. The molecule has 0 unspecified atom stereocenters. The quantitative estimate of drug-likeness (QED) is 0.250. The monoisotopic (exact) mass is 449 g/mol. The summed E-state index contributed by atoms with van der Waals surface area (Å²) in [6, 6.07) is 16.2. The topological polar surface area (TPSA) is 57.5 Å². The molecule has 2 aromatic carbocycles. The van der Waals surface area contributed by atoms with Crippen molar-refractivity contribution in [2.45, 2.75) is 39.0 Å². The largest absolute Gasteiger partial charge is 0.497 e. The van der Waals surface area contributed by atoms with Crippen molar-refractivity contribution in [3.63, 3.8) is 0 Å². The lowest BCUT2D eigenvalue weighted by molar-refractivity contribution is -0.142. The number of methoxy groups -OCH3 is 1. The van der Waals surface area contributed by atoms with Crippen LogP contribution in [0.1, 0.15) is 21.6 Å². The number of hydrogen-bond acceptors (Lipinski definition) is 4. The van der Waals surface area contributed by atoms with Crippen molar-refractivity contribution in [3.8, 4) is 5.75 Å². The van der Waals surface area contributed by atoms with E-state index in [1.807, 2.05) is 55.5 Å². The molecule has 3 rings (SSSR count). The van der Waals surface area contributed by atoms with Crippen LogP contribution in [0, 0.1) is 6.92 Å². The summed E-state index contributed by atoms with van der Waals surface area (Å²) < 4.78 is 12.5. The molecule has 0 atom stereocenters. The second-order valence-electron chi connectivity index (χ2n) is 9.07. The number of carbonyl (C=O) groups excluding carboxylic acids is 2. The number of ether oxygens (including phenoxy) is 2. The number of carbonyl (C=O) groups is 2. The number of rotatable bonds is 8. The Morgan fingerprint density at radius 1 is 1.06 bits per heavy atom. The molecule has 1 aromatic heterocycles. The van der Waals surface area contributed by atoms with Crippen LogP contribution >= 0.6 is 0 Å². The Hall–Kier alpha value is -3.12. The molecule has 5 nitrogen and oxygen atoms in total. The van der Waals surface area contributed by atoms with Gasteiger partial charge in [-0.3, -0.25) is 14.2 Å². The highest BCUT2D eigenvalue weighted by Crippen LogP contribution is 2.30. The summed E-state index contributed by atoms with van der Waals surface area (Å²) in [6.07, 6.45) is 3.47. The first-order valence-corrected chi connectivity index (χ1v) is 14.5. The van der Waals surface area contributed by atoms with Crippen molar-refractivity contribution < 1.29 is 19.1 Å². The minimum atomic E-state index is -1.28. The van der Waals surface area contributed by atoms with E-state index in [0.29, 0.717) is 12.4 Å². The molecular formula is C26H31NO4Si. The Bertz CT molecular complexity index is 1140. The number of esters is 1. The van der Waals surface area contributed by atoms with Gasteiger partial charge in [-0.1, -0.05) is 50.0 Å². The van der Waals surface area contributed by atoms with Crippen LogP contribution in [0.3, 0.4) is 0 Å². The average Bonchev–Trinajstić information content (AvgIpc) is 3.02. The van der Waals surface area contributed by atoms with Crippen LogP contribution in [0.2, 0.25) is 25.7 Å². The lowest BCUT2D eigenvalue weighted by Gasteiger charge is -2.15. The third-order valence-electron chi connectivity index (χ3n) is 5.42. The fourth-order valence-corrected chi connectivity index (χ4v) is 4.28. The van der Waals surface area contributed by atoms with Crippen LogP contribution in [0.5, 0.6) is 5.75 Å². The zero-order valence-electron chi connectivity index (χ0n) is 19.5. The van der Waals surface area contributed by atoms with Crippen molar-refractivity contribution >= 4 is 36.9 Å². The zero-order valence-corrected chi connectivity index (χ0v) is 20.5. The molecular weight excluding hydrogens is 418 g/mol. The summed E-state index contributed by atoms with van der Waals surface area (Å²) in [7, 11) is 0.319. The number of fused-ring (bicyclic) bond motifs is 1. The van der Waals surface area contributed by atoms with E-state index in [4.69, 9.17) is 9.47 Å². The van der Waals surface area contributed by atoms with Gasteiger partial charge in [-0.2, -0.15) is 0 Å². The number of nitrogens with zero attached hydrogens (tertiary/aromatic N) is 1. The van der Waals surface area contributed by atoms with E-state index in [2.05, 4.69) is 19.6 Å². The standard InChI is InChI=1S/C26H31NO4Si/c1-19-22(18-26(29)31-15-16-32(3,4)5)23-17-21(30-2)12-13-24(23)27(19)25(28)14-11-20-9-7-6-8-10-20/h6-14,17H,15-16,18H2,1-5H3/b14-11+. The summed E-state index contributed by atoms with van der Waals surface area (Å²) >= 11 is 0. The SMILES string of the molecule is COc1ccc2c(c1)c(CC(=O)OCC[Si](C)(C)C)c(C)n2C(=O)/C=C/c1ccccc1. The smallest absolute Gasteiger partial charge is 0.310 e. The fourth-order valence-electron chi connectivity index (χ4n) is 3.57. The molecule has 0 spiro atoms. The predicted octanol–water partition coefficient (Wildman–Crippen LogP) is 5.74. The second kappa shape index (κ2) is 10.00. The van der Waals surface area contributed by atoms with Crippen molar-refractivity contribution in [3.05, 3.63) is 71.4 Å². The predicted molar refractivity (Wildman–Crippen MR) is 132 cm³/mol. The normalized spacial score (nSPS) is 11.8. The molecule has 168 valence electrons. The first kappa shape index (κ1) is 23.5. The second-order valence-corrected chi connectivity index (χ2v) is 14.7. The van der Waals surface area contributed by atoms with Crippen molar-refractivity contribution in [2.75, 3.05) is 13.7 Å². The highest BCUT2D eigenvalue weighted by molar-refractivity contribution is 6.76. The lowest BCUT2D eigenvalue weighted by Crippen LogP contribution is -2.23. The van der Waals surface area contributed by atoms with Gasteiger partial charge in [0.05, 0.1) is 25.7 Å². The van der Waals surface area contributed by atoms with Crippen LogP contribution in [0.15, 0.2) is 54.6 Å². The molecule has 0 N–H and O–H groups in total. The molecule has 32 heavy (non-hydrogen) atoms. The van der Waals surface area contributed by atoms with E-state index < -0.39 is 8.07 Å². The maximum Gasteiger partial charge on any atom is 0.310 e. The third-order valence-corrected chi connectivity index (χ3v) is 7.12. The molecule has 0 saturated carbocycles. The van der Waals surface area contributed by atoms with Gasteiger partial charge < -0.3 is 9.47 Å². The van der Waals surface area contributed by atoms with Crippen molar-refractivity contribution in [2.24, 2.45) is 0 Å². The average molecular weight is 450 g/mol. The maximum atomic E-state index is 13.1. The highest BCUT2D eigenvalue weighted by atomic mass is 28.3. The first-order valence-electron chi connectivity index (χ1n) is 10.8. The first-order chi connectivity index (χ1) is 15.2. The molecule has 0 radical (unpaired) electrons. The summed E-state index contributed by atoms with van der Waals surface area (Å²) in [5.41, 5.74) is 3.22. The van der Waals surface area contributed by atoms with E-state index in [1.165, 1.54) is 0 Å². The Labute approximate surface area is 190 Å². The van der Waals surface area contributed by atoms with Gasteiger partial charge in [0.25, 0.3) is 5.91 Å². The maximum absolute atomic E-state index is 13.1. The summed E-state index contributed by atoms with van der Waals surface area (Å²) in [4.78, 5) is 25.7. The number of hydrogen-bond donors (Lipinski definition) is 0. The van der Waals surface area contributed by atoms with Gasteiger partial charge in [0.15, 0.2) is 0 Å². The van der Waals surface area contributed by atoms with Gasteiger partial charge in [0, 0.05) is 25.2 Å². The van der Waals surface area contributed by atoms with Crippen LogP contribution in [-0.4, -0.2) is 38.2 Å². The summed E-state index contributed by atoms with van der Waals surface area (Å²) in [5, 5.41) is 0.824. The Kier molecular flexibility index (Phi) is 7.35. The molecule has 0 aliphatic heterocycles. The molecule has 0 amide bonds. The van der Waals surface area contributed by atoms with E-state index in [-0.39, 0.29) is 18.3 Å². The Morgan fingerprint density at radius 3 is 2.44 bits per heavy atom. The van der Waals surface area contributed by atoms with E-state index >= 15 is 0 Å². The van der Waals surface area contributed by atoms with E-state index in [9.17, 15) is 9.59 Å². The Morgan fingerprint density at radius 2 is 1.78 bits per heavy atom. The molecule has 0 aliphatic carbocycles. The number of benzene rings is 2. The summed E-state index contributed by atoms with van der Waals surface area (Å²) in [6.45, 7) is 9.05. The van der Waals surface area contributed by atoms with Crippen molar-refractivity contribution in [1.29, 1.82) is 0 Å². The minimum absolute atomic E-state index is 0.115. The van der Waals surface area contributed by atoms with Gasteiger partial charge in [-0.05, 0) is 48.4 Å². The third kappa shape index (κ3) is 5.76. The fraction of sp³-hybridized carbons (Fsp3) is 0.308. The molecule has 3 aromatic rings. The van der Waals surface area contributed by atoms with E-state index in [0.717, 1.165) is 33.8 Å². The van der Waals surface area contributed by atoms with Crippen LogP contribution in [-0.2, 0) is 16.0 Å². The van der Waals surface area contributed by atoms with Crippen LogP contribution in [0.4, 0.5) is 0 Å². The lowest BCUT2D eigenvalue weighted by atomic mass is 10.1. The minimum Gasteiger partial charge on any atom is -0.497 e. The molecule has 0 saturated heterocycles. The van der Waals surface area contributed by atoms with Crippen LogP contribution in [0.25, 0.3) is 17.0 Å². The van der Waals surface area contributed by atoms with E-state index in [1.54, 1.807) is 23.8 Å². The number of allylic oxidation sites excluding steroid dienone is 1. The zero-order chi connectivity index (χ0) is 23.3. The molecule has 0 bridgehead atoms. The molecule has 1 heterocycles. The number of aromatic nitrogens is 1. The molecule has 6 heteroatoms. The highest BCUT2D eigenvalue weighted by Gasteiger charge is 2.21. The van der Waals surface area contributed by atoms with Gasteiger partial charge in [-0.15, -0.1) is 0 Å². The van der Waals surface area contributed by atoms with Gasteiger partial charge in [0.1, 0.15) is 5.75 Å². The summed E-state index contributed by atoms with van der Waals surface area (Å²) in [5.74, 6) is 0.232. The van der Waals surface area contributed by atoms with Crippen molar-refractivity contribution in [1.82, 2.24) is 4.57 Å². The molecule has 0 aliphatic rings. The Balaban J connectivity index is 1.92. The van der Waals surface area contributed by atoms with Crippen LogP contribution < -0.4 is 4.74 Å². The van der Waals surface area contributed by atoms with Gasteiger partial charge in [0.2, 0.25) is 0 Å². The van der Waals surface area contributed by atoms with Gasteiger partial charge >= 0.3 is 5.97 Å². The van der Waals surface area contributed by atoms with Gasteiger partial charge in [-0.25, -0.2) is 0 Å².